The number of amides is 2. The first-order valence-electron chi connectivity index (χ1n) is 8.82. The van der Waals surface area contributed by atoms with Crippen LogP contribution >= 0.6 is 0 Å². The Bertz CT molecular complexity index is 769. The molecule has 1 aromatic heterocycles. The van der Waals surface area contributed by atoms with Crippen molar-refractivity contribution in [1.29, 1.82) is 0 Å². The van der Waals surface area contributed by atoms with Gasteiger partial charge in [-0.15, -0.1) is 0 Å². The molecule has 1 fully saturated rings. The first-order chi connectivity index (χ1) is 13.2. The van der Waals surface area contributed by atoms with Crippen molar-refractivity contribution in [3.05, 3.63) is 66.0 Å². The summed E-state index contributed by atoms with van der Waals surface area (Å²) in [6.45, 7) is 0.0450. The summed E-state index contributed by atoms with van der Waals surface area (Å²) < 4.78 is 4.97. The molecule has 3 rings (SSSR count). The number of benzene rings is 1. The van der Waals surface area contributed by atoms with Crippen LogP contribution < -0.4 is 5.32 Å². The highest BCUT2D eigenvalue weighted by atomic mass is 16.5. The Hall–Kier alpha value is -2.77. The number of aromatic nitrogens is 1. The molecule has 2 aromatic rings. The summed E-state index contributed by atoms with van der Waals surface area (Å²) in [4.78, 5) is 30.4. The smallest absolute Gasteiger partial charge is 0.269 e. The SMILES string of the molecule is COCC(=O)N1[C@H](CNC(=O)c2ccccn2)[C@@H](c2ccccc2)[C@@H]1CO. The minimum absolute atomic E-state index is 0.0668. The molecule has 0 saturated carbocycles. The average Bonchev–Trinajstić information content (AvgIpc) is 2.69. The molecule has 1 aliphatic heterocycles. The minimum atomic E-state index is -0.341. The van der Waals surface area contributed by atoms with Gasteiger partial charge in [0.1, 0.15) is 12.3 Å². The highest BCUT2D eigenvalue weighted by Gasteiger charge is 2.50. The van der Waals surface area contributed by atoms with E-state index >= 15 is 0 Å². The zero-order chi connectivity index (χ0) is 19.2. The molecule has 27 heavy (non-hydrogen) atoms. The molecule has 1 aliphatic rings. The minimum Gasteiger partial charge on any atom is -0.394 e. The summed E-state index contributed by atoms with van der Waals surface area (Å²) in [5, 5.41) is 12.7. The normalized spacial score (nSPS) is 21.4. The third-order valence-electron chi connectivity index (χ3n) is 4.84. The van der Waals surface area contributed by atoms with Gasteiger partial charge in [0.2, 0.25) is 5.91 Å². The molecule has 0 spiro atoms. The number of carbonyl (C=O) groups is 2. The summed E-state index contributed by atoms with van der Waals surface area (Å²) in [6, 6.07) is 14.2. The van der Waals surface area contributed by atoms with Crippen LogP contribution in [0.15, 0.2) is 54.7 Å². The Kier molecular flexibility index (Phi) is 6.16. The Balaban J connectivity index is 1.78. The number of pyridine rings is 1. The third-order valence-corrected chi connectivity index (χ3v) is 4.84. The van der Waals surface area contributed by atoms with Crippen LogP contribution in [0.5, 0.6) is 0 Å². The van der Waals surface area contributed by atoms with Gasteiger partial charge in [-0.05, 0) is 17.7 Å². The van der Waals surface area contributed by atoms with Gasteiger partial charge in [-0.3, -0.25) is 14.6 Å². The fourth-order valence-corrected chi connectivity index (χ4v) is 3.65. The average molecular weight is 369 g/mol. The van der Waals surface area contributed by atoms with Gasteiger partial charge in [-0.1, -0.05) is 36.4 Å². The van der Waals surface area contributed by atoms with Gasteiger partial charge in [0, 0.05) is 25.8 Å². The van der Waals surface area contributed by atoms with Crippen molar-refractivity contribution < 1.29 is 19.4 Å². The van der Waals surface area contributed by atoms with Crippen molar-refractivity contribution in [2.24, 2.45) is 0 Å². The van der Waals surface area contributed by atoms with Crippen LogP contribution in [0.3, 0.4) is 0 Å². The zero-order valence-corrected chi connectivity index (χ0v) is 15.1. The fraction of sp³-hybridized carbons (Fsp3) is 0.350. The summed E-state index contributed by atoms with van der Waals surface area (Å²) in [5.41, 5.74) is 1.34. The Morgan fingerprint density at radius 2 is 1.89 bits per heavy atom. The molecule has 3 atom stereocenters. The lowest BCUT2D eigenvalue weighted by Crippen LogP contribution is -2.69. The van der Waals surface area contributed by atoms with Crippen LogP contribution in [-0.2, 0) is 9.53 Å². The van der Waals surface area contributed by atoms with Crippen molar-refractivity contribution >= 4 is 11.8 Å². The van der Waals surface area contributed by atoms with Crippen LogP contribution in [0.2, 0.25) is 0 Å². The second-order valence-electron chi connectivity index (χ2n) is 6.41. The lowest BCUT2D eigenvalue weighted by atomic mass is 9.75. The first-order valence-corrected chi connectivity index (χ1v) is 8.82. The number of likely N-dealkylation sites (tertiary alicyclic amines) is 1. The van der Waals surface area contributed by atoms with E-state index in [2.05, 4.69) is 10.3 Å². The van der Waals surface area contributed by atoms with E-state index < -0.39 is 0 Å². The second-order valence-corrected chi connectivity index (χ2v) is 6.41. The number of methoxy groups -OCH3 is 1. The Morgan fingerprint density at radius 1 is 1.15 bits per heavy atom. The molecule has 0 radical (unpaired) electrons. The van der Waals surface area contributed by atoms with E-state index in [0.29, 0.717) is 5.69 Å². The summed E-state index contributed by atoms with van der Waals surface area (Å²) in [6.07, 6.45) is 1.56. The van der Waals surface area contributed by atoms with Crippen molar-refractivity contribution in [2.75, 3.05) is 26.9 Å². The van der Waals surface area contributed by atoms with Crippen LogP contribution in [0.25, 0.3) is 0 Å². The van der Waals surface area contributed by atoms with E-state index in [4.69, 9.17) is 4.74 Å². The molecule has 2 N–H and O–H groups in total. The summed E-state index contributed by atoms with van der Waals surface area (Å²) in [7, 11) is 1.46. The van der Waals surface area contributed by atoms with E-state index in [1.807, 2.05) is 30.3 Å². The molecule has 2 amide bonds. The molecule has 0 unspecified atom stereocenters. The molecule has 7 heteroatoms. The van der Waals surface area contributed by atoms with Gasteiger partial charge < -0.3 is 20.1 Å². The summed E-state index contributed by atoms with van der Waals surface area (Å²) in [5.74, 6) is -0.573. The van der Waals surface area contributed by atoms with Gasteiger partial charge in [0.05, 0.1) is 18.7 Å². The van der Waals surface area contributed by atoms with E-state index in [1.165, 1.54) is 7.11 Å². The van der Waals surface area contributed by atoms with Crippen molar-refractivity contribution in [3.63, 3.8) is 0 Å². The molecule has 0 aliphatic carbocycles. The molecule has 7 nitrogen and oxygen atoms in total. The number of rotatable bonds is 7. The van der Waals surface area contributed by atoms with Gasteiger partial charge >= 0.3 is 0 Å². The lowest BCUT2D eigenvalue weighted by Gasteiger charge is -2.55. The summed E-state index contributed by atoms with van der Waals surface area (Å²) >= 11 is 0. The highest BCUT2D eigenvalue weighted by Crippen LogP contribution is 2.40. The maximum Gasteiger partial charge on any atom is 0.269 e. The topological polar surface area (TPSA) is 91.8 Å². The number of hydrogen-bond donors (Lipinski definition) is 2. The van der Waals surface area contributed by atoms with Gasteiger partial charge in [-0.25, -0.2) is 0 Å². The highest BCUT2D eigenvalue weighted by molar-refractivity contribution is 5.92. The molecule has 1 aromatic carbocycles. The van der Waals surface area contributed by atoms with Gasteiger partial charge in [-0.2, -0.15) is 0 Å². The molecular weight excluding hydrogens is 346 g/mol. The number of nitrogens with zero attached hydrogens (tertiary/aromatic N) is 2. The molecule has 1 saturated heterocycles. The van der Waals surface area contributed by atoms with Gasteiger partial charge in [0.15, 0.2) is 0 Å². The van der Waals surface area contributed by atoms with E-state index in [1.54, 1.807) is 29.3 Å². The lowest BCUT2D eigenvalue weighted by molar-refractivity contribution is -0.154. The number of aliphatic hydroxyl groups excluding tert-OH is 1. The van der Waals surface area contributed by atoms with Crippen molar-refractivity contribution in [3.8, 4) is 0 Å². The van der Waals surface area contributed by atoms with Crippen LogP contribution in [0, 0.1) is 0 Å². The number of carbonyl (C=O) groups excluding carboxylic acids is 2. The largest absolute Gasteiger partial charge is 0.394 e. The van der Waals surface area contributed by atoms with Crippen LogP contribution in [-0.4, -0.2) is 65.8 Å². The van der Waals surface area contributed by atoms with Gasteiger partial charge in [0.25, 0.3) is 5.91 Å². The number of ether oxygens (including phenoxy) is 1. The quantitative estimate of drug-likeness (QED) is 0.754. The molecule has 0 bridgehead atoms. The van der Waals surface area contributed by atoms with E-state index in [-0.39, 0.29) is 49.6 Å². The Labute approximate surface area is 158 Å². The number of aliphatic hydroxyl groups is 1. The predicted molar refractivity (Wildman–Crippen MR) is 99.1 cm³/mol. The maximum absolute atomic E-state index is 12.5. The predicted octanol–water partition coefficient (Wildman–Crippen LogP) is 0.813. The van der Waals surface area contributed by atoms with Crippen LogP contribution in [0.1, 0.15) is 22.0 Å². The van der Waals surface area contributed by atoms with Crippen LogP contribution in [0.4, 0.5) is 0 Å². The maximum atomic E-state index is 12.5. The van der Waals surface area contributed by atoms with Crippen molar-refractivity contribution in [2.45, 2.75) is 18.0 Å². The third kappa shape index (κ3) is 3.99. The molecule has 142 valence electrons. The molecular formula is C20H23N3O4. The number of nitrogens with one attached hydrogen (secondary N) is 1. The fourth-order valence-electron chi connectivity index (χ4n) is 3.65. The van der Waals surface area contributed by atoms with Crippen molar-refractivity contribution in [1.82, 2.24) is 15.2 Å². The van der Waals surface area contributed by atoms with E-state index in [0.717, 1.165) is 5.56 Å². The standard InChI is InChI=1S/C20H23N3O4/c1-27-13-18(25)23-16(11-22-20(26)15-9-5-6-10-21-15)19(17(23)12-24)14-7-3-2-4-8-14/h2-10,16-17,19,24H,11-13H2,1H3,(H,22,26)/t16-,17+,19-/m1/s1. The second kappa shape index (κ2) is 8.75. The zero-order valence-electron chi connectivity index (χ0n) is 15.1. The Morgan fingerprint density at radius 3 is 2.52 bits per heavy atom. The molecule has 2 heterocycles. The monoisotopic (exact) mass is 369 g/mol. The number of hydrogen-bond acceptors (Lipinski definition) is 5. The van der Waals surface area contributed by atoms with E-state index in [9.17, 15) is 14.7 Å². The first kappa shape index (κ1) is 19.0.